The molecule has 1 saturated carbocycles. The fourth-order valence-corrected chi connectivity index (χ4v) is 5.48. The average Bonchev–Trinajstić information content (AvgIpc) is 2.89. The van der Waals surface area contributed by atoms with Crippen molar-refractivity contribution in [2.75, 3.05) is 0 Å². The topological polar surface area (TPSA) is 66.8 Å². The van der Waals surface area contributed by atoms with Crippen LogP contribution in [0.2, 0.25) is 0 Å². The van der Waals surface area contributed by atoms with E-state index in [4.69, 9.17) is 4.74 Å². The standard InChI is InChI=1S/C31H28O4/c32-30(33)28-26(22-14-6-2-7-15-22)29(27(28)23-16-8-3-9-17-23)31(34)35-20-24-18-10-11-19-25(24)21-12-4-1-5-13-21/h1-19,26-29,31,34H,20H2,(H,32,33). The Hall–Kier alpha value is -3.73. The van der Waals surface area contributed by atoms with Crippen molar-refractivity contribution in [1.82, 2.24) is 0 Å². The van der Waals surface area contributed by atoms with Crippen LogP contribution in [-0.2, 0) is 16.1 Å². The Kier molecular flexibility index (Phi) is 6.75. The number of carboxylic acid groups (broad SMARTS) is 1. The van der Waals surface area contributed by atoms with Crippen LogP contribution < -0.4 is 0 Å². The summed E-state index contributed by atoms with van der Waals surface area (Å²) in [6.07, 6.45) is -1.12. The van der Waals surface area contributed by atoms with Gasteiger partial charge < -0.3 is 14.9 Å². The molecule has 0 heterocycles. The lowest BCUT2D eigenvalue weighted by molar-refractivity contribution is -0.193. The van der Waals surface area contributed by atoms with Gasteiger partial charge in [-0.2, -0.15) is 0 Å². The molecule has 35 heavy (non-hydrogen) atoms. The predicted octanol–water partition coefficient (Wildman–Crippen LogP) is 6.09. The predicted molar refractivity (Wildman–Crippen MR) is 136 cm³/mol. The summed E-state index contributed by atoms with van der Waals surface area (Å²) in [5.41, 5.74) is 4.92. The molecule has 1 fully saturated rings. The highest BCUT2D eigenvalue weighted by molar-refractivity contribution is 5.75. The molecule has 0 aliphatic heterocycles. The van der Waals surface area contributed by atoms with Gasteiger partial charge in [0, 0.05) is 17.8 Å². The molecule has 3 unspecified atom stereocenters. The van der Waals surface area contributed by atoms with Crippen LogP contribution in [-0.4, -0.2) is 22.5 Å². The smallest absolute Gasteiger partial charge is 0.307 e. The molecule has 176 valence electrons. The van der Waals surface area contributed by atoms with Crippen molar-refractivity contribution in [2.45, 2.75) is 24.7 Å². The Labute approximate surface area is 205 Å². The van der Waals surface area contributed by atoms with Gasteiger partial charge in [0.05, 0.1) is 12.5 Å². The highest BCUT2D eigenvalue weighted by Crippen LogP contribution is 2.59. The lowest BCUT2D eigenvalue weighted by Gasteiger charge is -2.52. The zero-order chi connectivity index (χ0) is 24.2. The summed E-state index contributed by atoms with van der Waals surface area (Å²) < 4.78 is 6.09. The molecule has 0 spiro atoms. The van der Waals surface area contributed by atoms with E-state index >= 15 is 0 Å². The van der Waals surface area contributed by atoms with Gasteiger partial charge in [0.2, 0.25) is 0 Å². The zero-order valence-electron chi connectivity index (χ0n) is 19.3. The first kappa shape index (κ1) is 23.0. The molecule has 1 aliphatic carbocycles. The first-order valence-electron chi connectivity index (χ1n) is 11.9. The highest BCUT2D eigenvalue weighted by Gasteiger charge is 2.58. The number of rotatable bonds is 8. The number of ether oxygens (including phenoxy) is 1. The molecule has 4 aromatic carbocycles. The van der Waals surface area contributed by atoms with Gasteiger partial charge in [-0.1, -0.05) is 115 Å². The van der Waals surface area contributed by atoms with E-state index < -0.39 is 18.2 Å². The van der Waals surface area contributed by atoms with Crippen molar-refractivity contribution in [1.29, 1.82) is 0 Å². The Bertz CT molecular complexity index is 1210. The summed E-state index contributed by atoms with van der Waals surface area (Å²) >= 11 is 0. The van der Waals surface area contributed by atoms with Gasteiger partial charge in [-0.3, -0.25) is 4.79 Å². The molecular formula is C31H28O4. The summed E-state index contributed by atoms with van der Waals surface area (Å²) in [4.78, 5) is 12.4. The molecular weight excluding hydrogens is 436 g/mol. The molecule has 0 bridgehead atoms. The second-order valence-corrected chi connectivity index (χ2v) is 9.04. The van der Waals surface area contributed by atoms with Crippen LogP contribution in [0.25, 0.3) is 11.1 Å². The number of carbonyl (C=O) groups is 1. The fraction of sp³-hybridized carbons (Fsp3) is 0.194. The number of hydrogen-bond donors (Lipinski definition) is 2. The van der Waals surface area contributed by atoms with E-state index in [2.05, 4.69) is 12.1 Å². The van der Waals surface area contributed by atoms with E-state index in [0.717, 1.165) is 27.8 Å². The number of carboxylic acids is 1. The maximum atomic E-state index is 12.4. The van der Waals surface area contributed by atoms with Gasteiger partial charge in [-0.15, -0.1) is 0 Å². The van der Waals surface area contributed by atoms with Crippen LogP contribution in [0.5, 0.6) is 0 Å². The van der Waals surface area contributed by atoms with Gasteiger partial charge in [0.15, 0.2) is 6.29 Å². The van der Waals surface area contributed by atoms with E-state index in [0.29, 0.717) is 0 Å². The summed E-state index contributed by atoms with van der Waals surface area (Å²) in [5.74, 6) is -2.58. The Morgan fingerprint density at radius 2 is 1.20 bits per heavy atom. The summed E-state index contributed by atoms with van der Waals surface area (Å²) in [6.45, 7) is 0.226. The van der Waals surface area contributed by atoms with Gasteiger partial charge in [-0.25, -0.2) is 0 Å². The maximum absolute atomic E-state index is 12.4. The monoisotopic (exact) mass is 464 g/mol. The molecule has 0 aromatic heterocycles. The molecule has 4 nitrogen and oxygen atoms in total. The number of aliphatic hydroxyl groups excluding tert-OH is 1. The van der Waals surface area contributed by atoms with Gasteiger partial charge in [0.25, 0.3) is 0 Å². The third kappa shape index (κ3) is 4.63. The SMILES string of the molecule is O=C(O)C1C(c2ccccc2)C(C(O)OCc2ccccc2-c2ccccc2)C1c1ccccc1. The van der Waals surface area contributed by atoms with E-state index in [1.807, 2.05) is 103 Å². The fourth-order valence-electron chi connectivity index (χ4n) is 5.48. The van der Waals surface area contributed by atoms with Gasteiger partial charge in [-0.05, 0) is 27.8 Å². The molecule has 4 aromatic rings. The van der Waals surface area contributed by atoms with Crippen molar-refractivity contribution < 1.29 is 19.7 Å². The van der Waals surface area contributed by atoms with Crippen LogP contribution in [0.4, 0.5) is 0 Å². The molecule has 0 amide bonds. The Balaban J connectivity index is 1.44. The molecule has 4 heteroatoms. The minimum Gasteiger partial charge on any atom is -0.481 e. The second-order valence-electron chi connectivity index (χ2n) is 9.04. The van der Waals surface area contributed by atoms with E-state index in [9.17, 15) is 15.0 Å². The minimum absolute atomic E-state index is 0.226. The molecule has 1 aliphatic rings. The number of hydrogen-bond acceptors (Lipinski definition) is 3. The van der Waals surface area contributed by atoms with Crippen LogP contribution in [0.15, 0.2) is 115 Å². The number of aliphatic carboxylic acids is 1. The van der Waals surface area contributed by atoms with Crippen molar-refractivity contribution in [2.24, 2.45) is 11.8 Å². The third-order valence-electron chi connectivity index (χ3n) is 7.10. The van der Waals surface area contributed by atoms with Crippen LogP contribution in [0, 0.1) is 11.8 Å². The van der Waals surface area contributed by atoms with Crippen LogP contribution >= 0.6 is 0 Å². The van der Waals surface area contributed by atoms with E-state index in [1.165, 1.54) is 0 Å². The lowest BCUT2D eigenvalue weighted by atomic mass is 9.52. The average molecular weight is 465 g/mol. The largest absolute Gasteiger partial charge is 0.481 e. The highest BCUT2D eigenvalue weighted by atomic mass is 16.6. The summed E-state index contributed by atoms with van der Waals surface area (Å²) in [7, 11) is 0. The van der Waals surface area contributed by atoms with Crippen molar-refractivity contribution >= 4 is 5.97 Å². The lowest BCUT2D eigenvalue weighted by Crippen LogP contribution is -2.52. The Morgan fingerprint density at radius 1 is 0.714 bits per heavy atom. The second kappa shape index (κ2) is 10.3. The van der Waals surface area contributed by atoms with Crippen molar-refractivity contribution in [3.05, 3.63) is 132 Å². The van der Waals surface area contributed by atoms with Crippen molar-refractivity contribution in [3.8, 4) is 11.1 Å². The number of aliphatic hydroxyl groups is 1. The molecule has 0 saturated heterocycles. The Morgan fingerprint density at radius 3 is 1.74 bits per heavy atom. The zero-order valence-corrected chi connectivity index (χ0v) is 19.3. The minimum atomic E-state index is -1.12. The van der Waals surface area contributed by atoms with Gasteiger partial charge in [0.1, 0.15) is 0 Å². The molecule has 3 atom stereocenters. The third-order valence-corrected chi connectivity index (χ3v) is 7.10. The maximum Gasteiger partial charge on any atom is 0.307 e. The molecule has 2 N–H and O–H groups in total. The van der Waals surface area contributed by atoms with E-state index in [-0.39, 0.29) is 24.4 Å². The van der Waals surface area contributed by atoms with Crippen LogP contribution in [0.1, 0.15) is 28.5 Å². The summed E-state index contributed by atoms with van der Waals surface area (Å²) in [6, 6.07) is 37.3. The first-order valence-corrected chi connectivity index (χ1v) is 11.9. The van der Waals surface area contributed by atoms with Crippen molar-refractivity contribution in [3.63, 3.8) is 0 Å². The molecule has 5 rings (SSSR count). The van der Waals surface area contributed by atoms with Gasteiger partial charge >= 0.3 is 5.97 Å². The van der Waals surface area contributed by atoms with E-state index in [1.54, 1.807) is 0 Å². The quantitative estimate of drug-likeness (QED) is 0.310. The summed E-state index contributed by atoms with van der Waals surface area (Å²) in [5, 5.41) is 21.5. The number of benzene rings is 4. The normalized spacial score (nSPS) is 22.2. The van der Waals surface area contributed by atoms with Crippen LogP contribution in [0.3, 0.4) is 0 Å². The first-order chi connectivity index (χ1) is 17.1. The molecule has 0 radical (unpaired) electrons.